The van der Waals surface area contributed by atoms with Crippen molar-refractivity contribution in [1.29, 1.82) is 0 Å². The van der Waals surface area contributed by atoms with Crippen molar-refractivity contribution in [2.45, 2.75) is 96.8 Å². The van der Waals surface area contributed by atoms with Crippen LogP contribution in [0.25, 0.3) is 0 Å². The summed E-state index contributed by atoms with van der Waals surface area (Å²) in [6, 6.07) is 17.7. The number of unbranched alkanes of at least 4 members (excludes halogenated alkanes) is 4. The van der Waals surface area contributed by atoms with E-state index in [0.29, 0.717) is 0 Å². The Morgan fingerprint density at radius 1 is 0.688 bits per heavy atom. The Morgan fingerprint density at radius 2 is 1.28 bits per heavy atom. The van der Waals surface area contributed by atoms with Gasteiger partial charge in [-0.2, -0.15) is 10.2 Å². The quantitative estimate of drug-likeness (QED) is 0.183. The molecule has 3 rings (SSSR count). The van der Waals surface area contributed by atoms with E-state index in [9.17, 15) is 0 Å². The molecule has 0 saturated heterocycles. The van der Waals surface area contributed by atoms with Crippen molar-refractivity contribution in [1.82, 2.24) is 0 Å². The van der Waals surface area contributed by atoms with E-state index in [0.717, 1.165) is 23.0 Å². The second-order valence-electron chi connectivity index (χ2n) is 9.57. The van der Waals surface area contributed by atoms with Crippen LogP contribution in [0.2, 0.25) is 0 Å². The monoisotopic (exact) mass is 430 g/mol. The van der Waals surface area contributed by atoms with E-state index in [1.165, 1.54) is 88.2 Å². The zero-order valence-corrected chi connectivity index (χ0v) is 20.3. The number of aryl methyl sites for hydroxylation is 1. The fourth-order valence-electron chi connectivity index (χ4n) is 4.86. The van der Waals surface area contributed by atoms with Crippen molar-refractivity contribution < 1.29 is 0 Å². The van der Waals surface area contributed by atoms with E-state index in [1.54, 1.807) is 0 Å². The van der Waals surface area contributed by atoms with E-state index in [1.807, 2.05) is 12.4 Å². The van der Waals surface area contributed by atoms with Gasteiger partial charge >= 0.3 is 0 Å². The van der Waals surface area contributed by atoms with Gasteiger partial charge in [-0.1, -0.05) is 101 Å². The van der Waals surface area contributed by atoms with Crippen LogP contribution in [0.5, 0.6) is 0 Å². The first-order valence-electron chi connectivity index (χ1n) is 13.0. The first kappa shape index (κ1) is 24.4. The molecule has 2 aromatic carbocycles. The molecule has 0 heterocycles. The summed E-state index contributed by atoms with van der Waals surface area (Å²) in [5, 5.41) is 8.50. The number of hydrogen-bond acceptors (Lipinski definition) is 2. The minimum atomic E-state index is 0.742. The van der Waals surface area contributed by atoms with E-state index in [2.05, 4.69) is 72.6 Å². The van der Waals surface area contributed by atoms with Gasteiger partial charge in [0.2, 0.25) is 0 Å². The molecular formula is C30H42N2. The summed E-state index contributed by atoms with van der Waals surface area (Å²) < 4.78 is 0. The van der Waals surface area contributed by atoms with Gasteiger partial charge in [-0.05, 0) is 72.6 Å². The van der Waals surface area contributed by atoms with E-state index >= 15 is 0 Å². The fourth-order valence-corrected chi connectivity index (χ4v) is 4.86. The third kappa shape index (κ3) is 8.37. The van der Waals surface area contributed by atoms with Crippen molar-refractivity contribution in [3.05, 3.63) is 70.8 Å². The molecule has 2 aromatic rings. The largest absolute Gasteiger partial charge is 0.159 e. The van der Waals surface area contributed by atoms with Crippen LogP contribution >= 0.6 is 0 Å². The Labute approximate surface area is 196 Å². The molecule has 0 atom stereocenters. The standard InChI is InChI=1S/C30H42N2/c1-3-5-7-8-10-26-11-13-27(14-12-26)23-31-32-24-28-17-21-30(22-18-28)29-19-15-25(16-20-29)9-6-4-2/h11-14,17-18,21-25,29H,3-10,15-16,19-20H2,1-2H3/b31-23+,32-24+. The highest BCUT2D eigenvalue weighted by atomic mass is 15.2. The van der Waals surface area contributed by atoms with Gasteiger partial charge in [0, 0.05) is 0 Å². The maximum atomic E-state index is 4.25. The molecule has 0 bridgehead atoms. The molecule has 0 aromatic heterocycles. The van der Waals surface area contributed by atoms with Gasteiger partial charge in [0.15, 0.2) is 0 Å². The van der Waals surface area contributed by atoms with Gasteiger partial charge in [0.05, 0.1) is 12.4 Å². The van der Waals surface area contributed by atoms with Crippen LogP contribution in [0.15, 0.2) is 58.7 Å². The van der Waals surface area contributed by atoms with Crippen molar-refractivity contribution in [2.24, 2.45) is 16.1 Å². The average Bonchev–Trinajstić information content (AvgIpc) is 2.85. The highest BCUT2D eigenvalue weighted by molar-refractivity contribution is 5.82. The third-order valence-corrected chi connectivity index (χ3v) is 7.00. The van der Waals surface area contributed by atoms with Crippen molar-refractivity contribution in [2.75, 3.05) is 0 Å². The lowest BCUT2D eigenvalue weighted by Crippen LogP contribution is -2.13. The van der Waals surface area contributed by atoms with Crippen molar-refractivity contribution >= 4 is 12.4 Å². The van der Waals surface area contributed by atoms with Crippen LogP contribution in [0.1, 0.15) is 113 Å². The number of benzene rings is 2. The molecule has 0 spiro atoms. The Bertz CT molecular complexity index is 809. The number of rotatable bonds is 12. The van der Waals surface area contributed by atoms with Crippen LogP contribution in [0.3, 0.4) is 0 Å². The molecule has 0 amide bonds. The molecule has 0 N–H and O–H groups in total. The molecule has 0 aliphatic heterocycles. The molecule has 0 radical (unpaired) electrons. The van der Waals surface area contributed by atoms with Crippen molar-refractivity contribution in [3.63, 3.8) is 0 Å². The maximum Gasteiger partial charge on any atom is 0.0568 e. The van der Waals surface area contributed by atoms with Gasteiger partial charge in [0.25, 0.3) is 0 Å². The minimum Gasteiger partial charge on any atom is -0.159 e. The SMILES string of the molecule is CCCCCCc1ccc(/C=N/N=C/c2ccc(C3CCC(CCCC)CC3)cc2)cc1. The molecule has 2 nitrogen and oxygen atoms in total. The summed E-state index contributed by atoms with van der Waals surface area (Å²) in [4.78, 5) is 0. The van der Waals surface area contributed by atoms with Crippen LogP contribution in [0.4, 0.5) is 0 Å². The van der Waals surface area contributed by atoms with Crippen LogP contribution in [-0.2, 0) is 6.42 Å². The summed E-state index contributed by atoms with van der Waals surface area (Å²) in [5.74, 6) is 1.71. The molecule has 172 valence electrons. The number of hydrogen-bond donors (Lipinski definition) is 0. The zero-order chi connectivity index (χ0) is 22.4. The predicted octanol–water partition coefficient (Wildman–Crippen LogP) is 8.73. The van der Waals surface area contributed by atoms with Gasteiger partial charge in [-0.25, -0.2) is 0 Å². The van der Waals surface area contributed by atoms with E-state index in [4.69, 9.17) is 0 Å². The first-order valence-corrected chi connectivity index (χ1v) is 13.0. The van der Waals surface area contributed by atoms with E-state index in [-0.39, 0.29) is 0 Å². The third-order valence-electron chi connectivity index (χ3n) is 7.00. The minimum absolute atomic E-state index is 0.742. The molecule has 1 fully saturated rings. The van der Waals surface area contributed by atoms with Gasteiger partial charge in [-0.3, -0.25) is 0 Å². The van der Waals surface area contributed by atoms with Gasteiger partial charge in [0.1, 0.15) is 0 Å². The molecule has 0 unspecified atom stereocenters. The summed E-state index contributed by atoms with van der Waals surface area (Å²) in [7, 11) is 0. The van der Waals surface area contributed by atoms with Crippen molar-refractivity contribution in [3.8, 4) is 0 Å². The normalized spacial score (nSPS) is 19.2. The Hall–Kier alpha value is -2.22. The predicted molar refractivity (Wildman–Crippen MR) is 140 cm³/mol. The topological polar surface area (TPSA) is 24.7 Å². The average molecular weight is 431 g/mol. The maximum absolute atomic E-state index is 4.25. The zero-order valence-electron chi connectivity index (χ0n) is 20.3. The Kier molecular flexibility index (Phi) is 10.7. The lowest BCUT2D eigenvalue weighted by molar-refractivity contribution is 0.304. The lowest BCUT2D eigenvalue weighted by Gasteiger charge is -2.28. The van der Waals surface area contributed by atoms with E-state index < -0.39 is 0 Å². The molecular weight excluding hydrogens is 388 g/mol. The van der Waals surface area contributed by atoms with Crippen LogP contribution in [-0.4, -0.2) is 12.4 Å². The summed E-state index contributed by atoms with van der Waals surface area (Å²) >= 11 is 0. The summed E-state index contributed by atoms with van der Waals surface area (Å²) in [6.07, 6.45) is 19.8. The smallest absolute Gasteiger partial charge is 0.0568 e. The molecule has 1 aliphatic carbocycles. The van der Waals surface area contributed by atoms with Crippen LogP contribution in [0, 0.1) is 5.92 Å². The second-order valence-corrected chi connectivity index (χ2v) is 9.57. The number of nitrogens with zero attached hydrogens (tertiary/aromatic N) is 2. The molecule has 1 aliphatic rings. The highest BCUT2D eigenvalue weighted by Crippen LogP contribution is 2.37. The van der Waals surface area contributed by atoms with Gasteiger partial charge in [-0.15, -0.1) is 0 Å². The lowest BCUT2D eigenvalue weighted by atomic mass is 9.77. The summed E-state index contributed by atoms with van der Waals surface area (Å²) in [6.45, 7) is 4.56. The first-order chi connectivity index (χ1) is 15.8. The summed E-state index contributed by atoms with van der Waals surface area (Å²) in [5.41, 5.74) is 5.12. The molecule has 32 heavy (non-hydrogen) atoms. The molecule has 1 saturated carbocycles. The van der Waals surface area contributed by atoms with Gasteiger partial charge < -0.3 is 0 Å². The van der Waals surface area contributed by atoms with Crippen LogP contribution < -0.4 is 0 Å². The second kappa shape index (κ2) is 14.0. The molecule has 2 heteroatoms. The fraction of sp³-hybridized carbons (Fsp3) is 0.533. The Morgan fingerprint density at radius 3 is 1.88 bits per heavy atom. The highest BCUT2D eigenvalue weighted by Gasteiger charge is 2.21. The Balaban J connectivity index is 1.42.